The van der Waals surface area contributed by atoms with Crippen molar-refractivity contribution in [2.45, 2.75) is 31.3 Å². The molecule has 1 aliphatic carbocycles. The van der Waals surface area contributed by atoms with Crippen molar-refractivity contribution in [3.8, 4) is 0 Å². The minimum atomic E-state index is -0.133. The Morgan fingerprint density at radius 1 is 1.11 bits per heavy atom. The fourth-order valence-corrected chi connectivity index (χ4v) is 3.10. The van der Waals surface area contributed by atoms with Gasteiger partial charge in [0.2, 0.25) is 0 Å². The minimum Gasteiger partial charge on any atom is -0.362 e. The monoisotopic (exact) mass is 240 g/mol. The summed E-state index contributed by atoms with van der Waals surface area (Å²) in [7, 11) is 0. The van der Waals surface area contributed by atoms with Crippen molar-refractivity contribution < 1.29 is 4.74 Å². The van der Waals surface area contributed by atoms with Crippen LogP contribution in [0.5, 0.6) is 0 Å². The van der Waals surface area contributed by atoms with Crippen molar-refractivity contribution >= 4 is 0 Å². The Kier molecular flexibility index (Phi) is 3.33. The van der Waals surface area contributed by atoms with Crippen molar-refractivity contribution in [3.63, 3.8) is 0 Å². The number of rotatable bonds is 2. The summed E-state index contributed by atoms with van der Waals surface area (Å²) in [5.41, 5.74) is 1.29. The number of ether oxygens (including phenoxy) is 1. The molecule has 94 valence electrons. The fourth-order valence-electron chi connectivity index (χ4n) is 3.10. The van der Waals surface area contributed by atoms with Crippen LogP contribution in [0.2, 0.25) is 0 Å². The maximum absolute atomic E-state index is 6.05. The standard InChI is InChI=1S/C17H20O/c1-3-8-15(9-4-1)14-16-10-5-2-6-11-17(16)12-7-13-18-17/h1,3-4,6-9,11-12,16H,2,5,10,13-14H2/t16-,17+/m1/s1. The summed E-state index contributed by atoms with van der Waals surface area (Å²) in [6.45, 7) is 0.760. The van der Waals surface area contributed by atoms with Gasteiger partial charge in [0.25, 0.3) is 0 Å². The lowest BCUT2D eigenvalue weighted by molar-refractivity contribution is 0.0150. The molecule has 1 heterocycles. The average Bonchev–Trinajstić information content (AvgIpc) is 2.79. The summed E-state index contributed by atoms with van der Waals surface area (Å²) in [5.74, 6) is 0.567. The van der Waals surface area contributed by atoms with E-state index in [2.05, 4.69) is 54.6 Å². The van der Waals surface area contributed by atoms with Crippen LogP contribution >= 0.6 is 0 Å². The lowest BCUT2D eigenvalue weighted by Crippen LogP contribution is -2.35. The SMILES string of the molecule is C1=C[C@]2(C=CCO2)[C@@H](Cc2ccccc2)CCC1. The van der Waals surface area contributed by atoms with Crippen LogP contribution in [0.1, 0.15) is 24.8 Å². The van der Waals surface area contributed by atoms with Gasteiger partial charge in [-0.1, -0.05) is 54.6 Å². The van der Waals surface area contributed by atoms with E-state index < -0.39 is 0 Å². The van der Waals surface area contributed by atoms with Gasteiger partial charge >= 0.3 is 0 Å². The molecule has 0 saturated heterocycles. The first-order valence-corrected chi connectivity index (χ1v) is 6.92. The fraction of sp³-hybridized carbons (Fsp3) is 0.412. The average molecular weight is 240 g/mol. The van der Waals surface area contributed by atoms with E-state index in [1.807, 2.05) is 0 Å². The highest BCUT2D eigenvalue weighted by atomic mass is 16.5. The van der Waals surface area contributed by atoms with Gasteiger partial charge in [-0.25, -0.2) is 0 Å². The lowest BCUT2D eigenvalue weighted by atomic mass is 9.81. The van der Waals surface area contributed by atoms with E-state index in [-0.39, 0.29) is 5.60 Å². The lowest BCUT2D eigenvalue weighted by Gasteiger charge is -2.32. The van der Waals surface area contributed by atoms with E-state index in [9.17, 15) is 0 Å². The van der Waals surface area contributed by atoms with E-state index in [4.69, 9.17) is 4.74 Å². The molecule has 0 N–H and O–H groups in total. The van der Waals surface area contributed by atoms with Crippen LogP contribution in [0.25, 0.3) is 0 Å². The zero-order valence-electron chi connectivity index (χ0n) is 10.7. The molecule has 18 heavy (non-hydrogen) atoms. The van der Waals surface area contributed by atoms with Crippen LogP contribution in [-0.4, -0.2) is 12.2 Å². The highest BCUT2D eigenvalue weighted by Gasteiger charge is 2.37. The number of hydrogen-bond donors (Lipinski definition) is 0. The van der Waals surface area contributed by atoms with Gasteiger partial charge in [-0.3, -0.25) is 0 Å². The second-order valence-corrected chi connectivity index (χ2v) is 5.29. The highest BCUT2D eigenvalue weighted by Crippen LogP contribution is 2.37. The third-order valence-electron chi connectivity index (χ3n) is 4.07. The Hall–Kier alpha value is -1.34. The molecule has 1 spiro atoms. The van der Waals surface area contributed by atoms with Gasteiger partial charge in [-0.15, -0.1) is 0 Å². The molecular formula is C17H20O. The zero-order chi connectivity index (χ0) is 12.3. The van der Waals surface area contributed by atoms with Crippen LogP contribution in [0.4, 0.5) is 0 Å². The molecule has 2 aliphatic rings. The highest BCUT2D eigenvalue weighted by molar-refractivity contribution is 5.25. The maximum Gasteiger partial charge on any atom is 0.108 e. The van der Waals surface area contributed by atoms with E-state index in [1.54, 1.807) is 0 Å². The summed E-state index contributed by atoms with van der Waals surface area (Å²) in [5, 5.41) is 0. The summed E-state index contributed by atoms with van der Waals surface area (Å²) in [6, 6.07) is 10.8. The molecule has 2 atom stereocenters. The molecule has 0 radical (unpaired) electrons. The Morgan fingerprint density at radius 3 is 2.72 bits per heavy atom. The van der Waals surface area contributed by atoms with Crippen LogP contribution in [-0.2, 0) is 11.2 Å². The number of benzene rings is 1. The number of allylic oxidation sites excluding steroid dienone is 1. The number of hydrogen-bond acceptors (Lipinski definition) is 1. The summed E-state index contributed by atoms with van der Waals surface area (Å²) < 4.78 is 6.05. The second kappa shape index (κ2) is 5.11. The van der Waals surface area contributed by atoms with E-state index in [0.29, 0.717) is 5.92 Å². The van der Waals surface area contributed by atoms with Gasteiger partial charge in [0, 0.05) is 0 Å². The summed E-state index contributed by atoms with van der Waals surface area (Å²) in [4.78, 5) is 0. The molecule has 0 fully saturated rings. The van der Waals surface area contributed by atoms with Crippen molar-refractivity contribution in [1.82, 2.24) is 0 Å². The van der Waals surface area contributed by atoms with Crippen molar-refractivity contribution in [3.05, 3.63) is 60.2 Å². The van der Waals surface area contributed by atoms with Gasteiger partial charge in [0.05, 0.1) is 6.61 Å². The smallest absolute Gasteiger partial charge is 0.108 e. The molecule has 0 amide bonds. The molecule has 1 heteroatoms. The van der Waals surface area contributed by atoms with Crippen LogP contribution in [0.15, 0.2) is 54.6 Å². The topological polar surface area (TPSA) is 9.23 Å². The summed E-state index contributed by atoms with van der Waals surface area (Å²) >= 11 is 0. The zero-order valence-corrected chi connectivity index (χ0v) is 10.7. The van der Waals surface area contributed by atoms with Crippen LogP contribution in [0.3, 0.4) is 0 Å². The molecule has 0 unspecified atom stereocenters. The predicted molar refractivity (Wildman–Crippen MR) is 74.5 cm³/mol. The van der Waals surface area contributed by atoms with Gasteiger partial charge in [-0.2, -0.15) is 0 Å². The molecule has 3 rings (SSSR count). The Labute approximate surface area is 109 Å². The first kappa shape index (κ1) is 11.7. The van der Waals surface area contributed by atoms with Crippen molar-refractivity contribution in [1.29, 1.82) is 0 Å². The van der Waals surface area contributed by atoms with Gasteiger partial charge < -0.3 is 4.74 Å². The normalized spacial score (nSPS) is 30.8. The van der Waals surface area contributed by atoms with E-state index in [0.717, 1.165) is 13.0 Å². The molecule has 1 aromatic carbocycles. The van der Waals surface area contributed by atoms with Crippen LogP contribution in [0, 0.1) is 5.92 Å². The first-order chi connectivity index (χ1) is 8.89. The third kappa shape index (κ3) is 2.28. The van der Waals surface area contributed by atoms with Crippen molar-refractivity contribution in [2.24, 2.45) is 5.92 Å². The van der Waals surface area contributed by atoms with Crippen molar-refractivity contribution in [2.75, 3.05) is 6.61 Å². The molecule has 1 nitrogen and oxygen atoms in total. The minimum absolute atomic E-state index is 0.133. The second-order valence-electron chi connectivity index (χ2n) is 5.29. The molecule has 0 aromatic heterocycles. The molecule has 0 saturated carbocycles. The quantitative estimate of drug-likeness (QED) is 0.712. The van der Waals surface area contributed by atoms with Gasteiger partial charge in [0.1, 0.15) is 5.60 Å². The predicted octanol–water partition coefficient (Wildman–Crippen LogP) is 3.91. The molecule has 1 aromatic rings. The maximum atomic E-state index is 6.05. The Bertz CT molecular complexity index is 446. The third-order valence-corrected chi connectivity index (χ3v) is 4.07. The molecular weight excluding hydrogens is 220 g/mol. The Balaban J connectivity index is 1.84. The summed E-state index contributed by atoms with van der Waals surface area (Å²) in [6.07, 6.45) is 13.8. The largest absolute Gasteiger partial charge is 0.362 e. The van der Waals surface area contributed by atoms with Gasteiger partial charge in [-0.05, 0) is 37.2 Å². The Morgan fingerprint density at radius 2 is 1.94 bits per heavy atom. The van der Waals surface area contributed by atoms with E-state index >= 15 is 0 Å². The van der Waals surface area contributed by atoms with Gasteiger partial charge in [0.15, 0.2) is 0 Å². The first-order valence-electron chi connectivity index (χ1n) is 6.92. The van der Waals surface area contributed by atoms with Crippen LogP contribution < -0.4 is 0 Å². The molecule has 0 bridgehead atoms. The molecule has 1 aliphatic heterocycles. The van der Waals surface area contributed by atoms with E-state index in [1.165, 1.54) is 24.8 Å².